The van der Waals surface area contributed by atoms with Crippen molar-refractivity contribution in [1.29, 1.82) is 0 Å². The van der Waals surface area contributed by atoms with Crippen LogP contribution >= 0.6 is 11.6 Å². The van der Waals surface area contributed by atoms with Crippen LogP contribution in [0.5, 0.6) is 0 Å². The summed E-state index contributed by atoms with van der Waals surface area (Å²) in [5, 5.41) is 2.97. The van der Waals surface area contributed by atoms with Crippen LogP contribution in [0.15, 0.2) is 71.9 Å². The Bertz CT molecular complexity index is 1370. The SMILES string of the molecule is CCC(C(=O)Nc1ccc(S(=O)(=O)Nc2ncccn2)cc1)N(c1cccc(Cl)c1)S(C)(=O)=O. The number of hydrogen-bond acceptors (Lipinski definition) is 7. The van der Waals surface area contributed by atoms with E-state index in [1.807, 2.05) is 0 Å². The maximum Gasteiger partial charge on any atom is 0.264 e. The quantitative estimate of drug-likeness (QED) is 0.439. The van der Waals surface area contributed by atoms with Gasteiger partial charge in [0.2, 0.25) is 21.9 Å². The summed E-state index contributed by atoms with van der Waals surface area (Å²) in [5.74, 6) is -0.660. The van der Waals surface area contributed by atoms with Gasteiger partial charge in [0, 0.05) is 23.1 Å². The van der Waals surface area contributed by atoms with E-state index in [0.717, 1.165) is 10.6 Å². The molecule has 1 atom stereocenters. The van der Waals surface area contributed by atoms with Crippen molar-refractivity contribution in [3.05, 3.63) is 72.0 Å². The van der Waals surface area contributed by atoms with Gasteiger partial charge in [-0.3, -0.25) is 9.10 Å². The molecule has 0 aliphatic rings. The van der Waals surface area contributed by atoms with Crippen LogP contribution in [0.4, 0.5) is 17.3 Å². The van der Waals surface area contributed by atoms with Crippen LogP contribution in [0.25, 0.3) is 0 Å². The number of anilines is 3. The molecule has 1 amide bonds. The van der Waals surface area contributed by atoms with Gasteiger partial charge < -0.3 is 5.32 Å². The Kier molecular flexibility index (Phi) is 7.75. The number of carbonyl (C=O) groups is 1. The highest BCUT2D eigenvalue weighted by molar-refractivity contribution is 7.92. The van der Waals surface area contributed by atoms with E-state index in [4.69, 9.17) is 11.6 Å². The van der Waals surface area contributed by atoms with Gasteiger partial charge in [0.05, 0.1) is 16.8 Å². The smallest absolute Gasteiger partial charge is 0.264 e. The van der Waals surface area contributed by atoms with Crippen LogP contribution in [0, 0.1) is 0 Å². The lowest BCUT2D eigenvalue weighted by Crippen LogP contribution is -2.47. The first-order valence-electron chi connectivity index (χ1n) is 9.97. The number of nitrogens with one attached hydrogen (secondary N) is 2. The van der Waals surface area contributed by atoms with Crippen molar-refractivity contribution < 1.29 is 21.6 Å². The molecule has 2 N–H and O–H groups in total. The molecule has 0 fully saturated rings. The third-order valence-electron chi connectivity index (χ3n) is 4.62. The summed E-state index contributed by atoms with van der Waals surface area (Å²) in [4.78, 5) is 20.6. The molecular weight excluding hydrogens is 502 g/mol. The summed E-state index contributed by atoms with van der Waals surface area (Å²) in [6.07, 6.45) is 3.99. The number of rotatable bonds is 9. The summed E-state index contributed by atoms with van der Waals surface area (Å²) in [6.45, 7) is 1.68. The van der Waals surface area contributed by atoms with Crippen molar-refractivity contribution in [3.8, 4) is 0 Å². The zero-order valence-corrected chi connectivity index (χ0v) is 20.6. The highest BCUT2D eigenvalue weighted by Crippen LogP contribution is 2.26. The van der Waals surface area contributed by atoms with Crippen LogP contribution in [-0.2, 0) is 24.8 Å². The molecule has 0 saturated carbocycles. The van der Waals surface area contributed by atoms with Gasteiger partial charge in [-0.1, -0.05) is 24.6 Å². The van der Waals surface area contributed by atoms with E-state index in [-0.39, 0.29) is 28.6 Å². The number of sulfonamides is 2. The molecule has 0 bridgehead atoms. The lowest BCUT2D eigenvalue weighted by atomic mass is 10.2. The van der Waals surface area contributed by atoms with Gasteiger partial charge in [0.1, 0.15) is 6.04 Å². The van der Waals surface area contributed by atoms with E-state index in [1.165, 1.54) is 42.7 Å². The molecule has 3 rings (SSSR count). The second-order valence-corrected chi connectivity index (χ2v) is 11.1. The first kappa shape index (κ1) is 25.4. The topological polar surface area (TPSA) is 138 Å². The Hall–Kier alpha value is -3.22. The second kappa shape index (κ2) is 10.4. The molecule has 10 nitrogen and oxygen atoms in total. The Balaban J connectivity index is 1.80. The van der Waals surface area contributed by atoms with Crippen molar-refractivity contribution in [1.82, 2.24) is 9.97 Å². The highest BCUT2D eigenvalue weighted by atomic mass is 35.5. The van der Waals surface area contributed by atoms with Gasteiger partial charge in [-0.05, 0) is 55.0 Å². The third-order valence-corrected chi connectivity index (χ3v) is 7.38. The minimum absolute atomic E-state index is 0.0679. The fourth-order valence-electron chi connectivity index (χ4n) is 3.15. The molecule has 0 saturated heterocycles. The monoisotopic (exact) mass is 523 g/mol. The molecule has 13 heteroatoms. The van der Waals surface area contributed by atoms with E-state index >= 15 is 0 Å². The molecule has 1 unspecified atom stereocenters. The molecule has 0 aliphatic heterocycles. The molecule has 3 aromatic rings. The lowest BCUT2D eigenvalue weighted by molar-refractivity contribution is -0.117. The van der Waals surface area contributed by atoms with Crippen molar-refractivity contribution in [2.24, 2.45) is 0 Å². The molecule has 0 radical (unpaired) electrons. The lowest BCUT2D eigenvalue weighted by Gasteiger charge is -2.30. The molecule has 34 heavy (non-hydrogen) atoms. The van der Waals surface area contributed by atoms with Crippen molar-refractivity contribution in [2.75, 3.05) is 20.6 Å². The zero-order valence-electron chi connectivity index (χ0n) is 18.2. The van der Waals surface area contributed by atoms with E-state index in [2.05, 4.69) is 20.0 Å². The molecule has 2 aromatic carbocycles. The maximum atomic E-state index is 13.0. The molecule has 1 aromatic heterocycles. The number of nitrogens with zero attached hydrogens (tertiary/aromatic N) is 3. The first-order chi connectivity index (χ1) is 16.0. The van der Waals surface area contributed by atoms with Crippen molar-refractivity contribution >= 4 is 54.9 Å². The van der Waals surface area contributed by atoms with E-state index < -0.39 is 32.0 Å². The van der Waals surface area contributed by atoms with Crippen LogP contribution in [-0.4, -0.2) is 45.0 Å². The normalized spacial score (nSPS) is 12.6. The van der Waals surface area contributed by atoms with Crippen LogP contribution in [0.1, 0.15) is 13.3 Å². The number of carbonyl (C=O) groups excluding carboxylic acids is 1. The summed E-state index contributed by atoms with van der Waals surface area (Å²) in [5.41, 5.74) is 0.547. The summed E-state index contributed by atoms with van der Waals surface area (Å²) < 4.78 is 53.3. The Labute approximate surface area is 203 Å². The highest BCUT2D eigenvalue weighted by Gasteiger charge is 2.31. The molecule has 1 heterocycles. The van der Waals surface area contributed by atoms with Gasteiger partial charge in [-0.25, -0.2) is 31.5 Å². The standard InChI is InChI=1S/C21H22ClN5O5S2/c1-3-19(27(33(2,29)30)17-7-4-6-15(22)14-17)20(28)25-16-8-10-18(11-9-16)34(31,32)26-21-23-12-5-13-24-21/h4-14,19H,3H2,1-2H3,(H,25,28)(H,23,24,26). The average Bonchev–Trinajstić information content (AvgIpc) is 2.77. The fraction of sp³-hybridized carbons (Fsp3) is 0.190. The largest absolute Gasteiger partial charge is 0.324 e. The predicted molar refractivity (Wildman–Crippen MR) is 131 cm³/mol. The third kappa shape index (κ3) is 6.22. The van der Waals surface area contributed by atoms with Crippen LogP contribution in [0.3, 0.4) is 0 Å². The van der Waals surface area contributed by atoms with Crippen molar-refractivity contribution in [2.45, 2.75) is 24.3 Å². The number of benzene rings is 2. The predicted octanol–water partition coefficient (Wildman–Crippen LogP) is 3.11. The number of amides is 1. The zero-order chi connectivity index (χ0) is 24.9. The van der Waals surface area contributed by atoms with Crippen LogP contribution < -0.4 is 14.3 Å². The van der Waals surface area contributed by atoms with E-state index in [1.54, 1.807) is 31.2 Å². The average molecular weight is 524 g/mol. The summed E-state index contributed by atoms with van der Waals surface area (Å²) >= 11 is 6.01. The number of halogens is 1. The van der Waals surface area contributed by atoms with Crippen LogP contribution in [0.2, 0.25) is 5.02 Å². The Morgan fingerprint density at radius 1 is 1.03 bits per heavy atom. The second-order valence-electron chi connectivity index (χ2n) is 7.15. The van der Waals surface area contributed by atoms with Crippen molar-refractivity contribution in [3.63, 3.8) is 0 Å². The maximum absolute atomic E-state index is 13.0. The van der Waals surface area contributed by atoms with Gasteiger partial charge >= 0.3 is 0 Å². The fourth-order valence-corrected chi connectivity index (χ4v) is 5.49. The van der Waals surface area contributed by atoms with Gasteiger partial charge in [-0.2, -0.15) is 0 Å². The minimum Gasteiger partial charge on any atom is -0.324 e. The number of aromatic nitrogens is 2. The van der Waals surface area contributed by atoms with Gasteiger partial charge in [0.15, 0.2) is 0 Å². The van der Waals surface area contributed by atoms with E-state index in [9.17, 15) is 21.6 Å². The molecular formula is C21H22ClN5O5S2. The first-order valence-corrected chi connectivity index (χ1v) is 13.7. The Morgan fingerprint density at radius 2 is 1.68 bits per heavy atom. The van der Waals surface area contributed by atoms with Gasteiger partial charge in [0.25, 0.3) is 10.0 Å². The van der Waals surface area contributed by atoms with E-state index in [0.29, 0.717) is 5.02 Å². The minimum atomic E-state index is -3.94. The molecule has 0 aliphatic carbocycles. The van der Waals surface area contributed by atoms with Gasteiger partial charge in [-0.15, -0.1) is 0 Å². The summed E-state index contributed by atoms with van der Waals surface area (Å²) in [6, 6.07) is 12.1. The number of hydrogen-bond donors (Lipinski definition) is 2. The summed E-state index contributed by atoms with van der Waals surface area (Å²) in [7, 11) is -7.76. The Morgan fingerprint density at radius 3 is 2.24 bits per heavy atom. The molecule has 180 valence electrons. The molecule has 0 spiro atoms.